The lowest BCUT2D eigenvalue weighted by Crippen LogP contribution is -2.10. The van der Waals surface area contributed by atoms with E-state index < -0.39 is 0 Å². The maximum Gasteiger partial charge on any atom is 0.131 e. The average Bonchev–Trinajstić information content (AvgIpc) is 2.09. The van der Waals surface area contributed by atoms with E-state index in [1.165, 1.54) is 0 Å². The Morgan fingerprint density at radius 2 is 2.15 bits per heavy atom. The van der Waals surface area contributed by atoms with Crippen molar-refractivity contribution in [1.82, 2.24) is 5.48 Å². The number of nitrogens with one attached hydrogen (secondary N) is 1. The largest absolute Gasteiger partial charge is 0.316 e. The van der Waals surface area contributed by atoms with Gasteiger partial charge in [0, 0.05) is 16.6 Å². The monoisotopic (exact) mass is 247 g/mol. The third-order valence-electron chi connectivity index (χ3n) is 2.02. The fourth-order valence-electron chi connectivity index (χ4n) is 1.20. The van der Waals surface area contributed by atoms with Crippen LogP contribution in [0, 0.1) is 19.7 Å². The molecule has 2 N–H and O–H groups in total. The third kappa shape index (κ3) is 2.07. The highest BCUT2D eigenvalue weighted by Crippen LogP contribution is 2.25. The van der Waals surface area contributed by atoms with Crippen molar-refractivity contribution >= 4 is 15.9 Å². The van der Waals surface area contributed by atoms with Gasteiger partial charge in [-0.25, -0.2) is 9.87 Å². The molecule has 0 unspecified atom stereocenters. The summed E-state index contributed by atoms with van der Waals surface area (Å²) in [5.41, 5.74) is 3.84. The number of halogens is 2. The maximum absolute atomic E-state index is 13.5. The molecule has 0 aromatic heterocycles. The van der Waals surface area contributed by atoms with Crippen molar-refractivity contribution in [3.05, 3.63) is 33.0 Å². The van der Waals surface area contributed by atoms with Crippen LogP contribution in [0.4, 0.5) is 4.39 Å². The molecule has 0 atom stereocenters. The SMILES string of the molecule is Cc1cc(Br)c(C)c(CNO)c1F. The van der Waals surface area contributed by atoms with Crippen LogP contribution in [0.25, 0.3) is 0 Å². The van der Waals surface area contributed by atoms with Crippen LogP contribution in [-0.4, -0.2) is 5.21 Å². The zero-order chi connectivity index (χ0) is 10.0. The van der Waals surface area contributed by atoms with Gasteiger partial charge in [-0.1, -0.05) is 15.9 Å². The number of hydrogen-bond donors (Lipinski definition) is 2. The van der Waals surface area contributed by atoms with E-state index in [9.17, 15) is 4.39 Å². The van der Waals surface area contributed by atoms with Gasteiger partial charge in [0.05, 0.1) is 0 Å². The van der Waals surface area contributed by atoms with Crippen molar-refractivity contribution in [3.63, 3.8) is 0 Å². The van der Waals surface area contributed by atoms with Gasteiger partial charge in [0.1, 0.15) is 5.82 Å². The van der Waals surface area contributed by atoms with Gasteiger partial charge in [-0.05, 0) is 31.0 Å². The lowest BCUT2D eigenvalue weighted by molar-refractivity contribution is 0.159. The second kappa shape index (κ2) is 4.17. The second-order valence-electron chi connectivity index (χ2n) is 2.93. The number of hydrogen-bond acceptors (Lipinski definition) is 2. The Hall–Kier alpha value is -0.450. The summed E-state index contributed by atoms with van der Waals surface area (Å²) in [4.78, 5) is 0. The minimum Gasteiger partial charge on any atom is -0.316 e. The average molecular weight is 248 g/mol. The first kappa shape index (κ1) is 10.6. The Morgan fingerprint density at radius 1 is 1.54 bits per heavy atom. The minimum absolute atomic E-state index is 0.123. The van der Waals surface area contributed by atoms with Crippen molar-refractivity contribution in [2.24, 2.45) is 0 Å². The lowest BCUT2D eigenvalue weighted by atomic mass is 10.0. The first-order valence-electron chi connectivity index (χ1n) is 3.89. The van der Waals surface area contributed by atoms with E-state index >= 15 is 0 Å². The zero-order valence-electron chi connectivity index (χ0n) is 7.49. The maximum atomic E-state index is 13.5. The molecule has 0 radical (unpaired) electrons. The summed E-state index contributed by atoms with van der Waals surface area (Å²) < 4.78 is 14.3. The van der Waals surface area contributed by atoms with Gasteiger partial charge in [0.25, 0.3) is 0 Å². The Kier molecular flexibility index (Phi) is 3.41. The van der Waals surface area contributed by atoms with E-state index in [-0.39, 0.29) is 12.4 Å². The molecule has 0 saturated carbocycles. The van der Waals surface area contributed by atoms with E-state index in [1.54, 1.807) is 19.9 Å². The first-order chi connectivity index (χ1) is 6.07. The van der Waals surface area contributed by atoms with Gasteiger partial charge in [0.15, 0.2) is 0 Å². The van der Waals surface area contributed by atoms with Gasteiger partial charge in [-0.3, -0.25) is 0 Å². The molecule has 2 nitrogen and oxygen atoms in total. The molecular formula is C9H11BrFNO. The molecule has 0 spiro atoms. The topological polar surface area (TPSA) is 32.3 Å². The fraction of sp³-hybridized carbons (Fsp3) is 0.333. The zero-order valence-corrected chi connectivity index (χ0v) is 9.07. The molecule has 72 valence electrons. The van der Waals surface area contributed by atoms with E-state index in [4.69, 9.17) is 5.21 Å². The predicted octanol–water partition coefficient (Wildman–Crippen LogP) is 2.68. The first-order valence-corrected chi connectivity index (χ1v) is 4.68. The molecule has 0 bridgehead atoms. The molecule has 0 aliphatic carbocycles. The Bertz CT molecular complexity index is 302. The highest BCUT2D eigenvalue weighted by molar-refractivity contribution is 9.10. The van der Waals surface area contributed by atoms with Crippen molar-refractivity contribution in [2.45, 2.75) is 20.4 Å². The molecule has 0 amide bonds. The summed E-state index contributed by atoms with van der Waals surface area (Å²) in [5, 5.41) is 8.52. The van der Waals surface area contributed by atoms with Crippen LogP contribution in [0.15, 0.2) is 10.5 Å². The minimum atomic E-state index is -0.262. The lowest BCUT2D eigenvalue weighted by Gasteiger charge is -2.10. The Morgan fingerprint density at radius 3 is 2.69 bits per heavy atom. The number of rotatable bonds is 2. The standard InChI is InChI=1S/C9H11BrFNO/c1-5-3-8(10)6(2)7(4-12-13)9(5)11/h3,12-13H,4H2,1-2H3. The molecule has 1 aromatic carbocycles. The number of hydroxylamine groups is 1. The number of aryl methyl sites for hydroxylation is 1. The van der Waals surface area contributed by atoms with Gasteiger partial charge in [0.2, 0.25) is 0 Å². The van der Waals surface area contributed by atoms with E-state index in [2.05, 4.69) is 15.9 Å². The Labute approximate surface area is 84.9 Å². The molecule has 0 aliphatic heterocycles. The Balaban J connectivity index is 3.28. The smallest absolute Gasteiger partial charge is 0.131 e. The van der Waals surface area contributed by atoms with Crippen molar-refractivity contribution in [1.29, 1.82) is 0 Å². The normalized spacial score (nSPS) is 10.5. The van der Waals surface area contributed by atoms with Crippen LogP contribution in [0.3, 0.4) is 0 Å². The van der Waals surface area contributed by atoms with Gasteiger partial charge < -0.3 is 5.21 Å². The van der Waals surface area contributed by atoms with Crippen molar-refractivity contribution in [3.8, 4) is 0 Å². The summed E-state index contributed by atoms with van der Waals surface area (Å²) in [5.74, 6) is -0.262. The molecule has 1 rings (SSSR count). The molecule has 0 saturated heterocycles. The van der Waals surface area contributed by atoms with Crippen LogP contribution in [0.2, 0.25) is 0 Å². The third-order valence-corrected chi connectivity index (χ3v) is 2.84. The van der Waals surface area contributed by atoms with Crippen molar-refractivity contribution < 1.29 is 9.60 Å². The van der Waals surface area contributed by atoms with E-state index in [0.29, 0.717) is 11.1 Å². The van der Waals surface area contributed by atoms with Crippen LogP contribution in [-0.2, 0) is 6.54 Å². The molecular weight excluding hydrogens is 237 g/mol. The molecule has 13 heavy (non-hydrogen) atoms. The molecule has 0 fully saturated rings. The van der Waals surface area contributed by atoms with Crippen LogP contribution >= 0.6 is 15.9 Å². The highest BCUT2D eigenvalue weighted by atomic mass is 79.9. The molecule has 0 heterocycles. The van der Waals surface area contributed by atoms with E-state index in [1.807, 2.05) is 5.48 Å². The summed E-state index contributed by atoms with van der Waals surface area (Å²) in [7, 11) is 0. The van der Waals surface area contributed by atoms with Crippen molar-refractivity contribution in [2.75, 3.05) is 0 Å². The summed E-state index contributed by atoms with van der Waals surface area (Å²) in [6.07, 6.45) is 0. The number of benzene rings is 1. The van der Waals surface area contributed by atoms with E-state index in [0.717, 1.165) is 10.0 Å². The van der Waals surface area contributed by atoms with Crippen LogP contribution in [0.5, 0.6) is 0 Å². The fourth-order valence-corrected chi connectivity index (χ4v) is 1.78. The highest BCUT2D eigenvalue weighted by Gasteiger charge is 2.11. The molecule has 4 heteroatoms. The van der Waals surface area contributed by atoms with Crippen LogP contribution < -0.4 is 5.48 Å². The summed E-state index contributed by atoms with van der Waals surface area (Å²) >= 11 is 3.32. The predicted molar refractivity (Wildman–Crippen MR) is 52.2 cm³/mol. The quantitative estimate of drug-likeness (QED) is 0.788. The van der Waals surface area contributed by atoms with Gasteiger partial charge in [-0.15, -0.1) is 0 Å². The van der Waals surface area contributed by atoms with Gasteiger partial charge >= 0.3 is 0 Å². The van der Waals surface area contributed by atoms with Gasteiger partial charge in [-0.2, -0.15) is 0 Å². The summed E-state index contributed by atoms with van der Waals surface area (Å²) in [6.45, 7) is 3.62. The summed E-state index contributed by atoms with van der Waals surface area (Å²) in [6, 6.07) is 1.73. The molecule has 0 aliphatic rings. The van der Waals surface area contributed by atoms with Crippen LogP contribution in [0.1, 0.15) is 16.7 Å². The molecule has 1 aromatic rings. The second-order valence-corrected chi connectivity index (χ2v) is 3.78.